The molecule has 1 saturated heterocycles. The summed E-state index contributed by atoms with van der Waals surface area (Å²) in [5.41, 5.74) is 1.02. The van der Waals surface area contributed by atoms with Crippen molar-refractivity contribution in [1.82, 2.24) is 10.6 Å². The van der Waals surface area contributed by atoms with E-state index >= 15 is 0 Å². The van der Waals surface area contributed by atoms with E-state index in [1.54, 1.807) is 18.2 Å². The molecule has 0 saturated carbocycles. The third kappa shape index (κ3) is 4.02. The summed E-state index contributed by atoms with van der Waals surface area (Å²) in [5, 5.41) is 6.14. The first-order valence-corrected chi connectivity index (χ1v) is 7.59. The number of nitrogens with one attached hydrogen (secondary N) is 3. The van der Waals surface area contributed by atoms with Gasteiger partial charge < -0.3 is 15.4 Å². The van der Waals surface area contributed by atoms with Crippen molar-refractivity contribution in [3.8, 4) is 5.75 Å². The largest absolute Gasteiger partial charge is 0.497 e. The van der Waals surface area contributed by atoms with Crippen LogP contribution < -0.4 is 20.1 Å². The van der Waals surface area contributed by atoms with Crippen LogP contribution in [0.3, 0.4) is 0 Å². The number of benzene rings is 1. The molecule has 7 nitrogen and oxygen atoms in total. The molecule has 1 fully saturated rings. The third-order valence-corrected chi connectivity index (χ3v) is 2.99. The summed E-state index contributed by atoms with van der Waals surface area (Å²) in [7, 11) is -1.82. The Labute approximate surface area is 112 Å². The van der Waals surface area contributed by atoms with Crippen molar-refractivity contribution in [3.63, 3.8) is 0 Å². The van der Waals surface area contributed by atoms with Crippen molar-refractivity contribution >= 4 is 27.4 Å². The molecule has 1 aromatic rings. The van der Waals surface area contributed by atoms with Crippen molar-refractivity contribution in [1.29, 1.82) is 0 Å². The molecule has 1 heterocycles. The van der Waals surface area contributed by atoms with Gasteiger partial charge in [-0.25, -0.2) is 13.4 Å². The lowest BCUT2D eigenvalue weighted by Crippen LogP contribution is -2.23. The highest BCUT2D eigenvalue weighted by atomic mass is 32.2. The van der Waals surface area contributed by atoms with E-state index in [1.165, 1.54) is 7.11 Å². The molecule has 0 aliphatic carbocycles. The quantitative estimate of drug-likeness (QED) is 0.737. The number of nitrogens with zero attached hydrogens (tertiary/aromatic N) is 1. The van der Waals surface area contributed by atoms with E-state index in [2.05, 4.69) is 20.3 Å². The lowest BCUT2D eigenvalue weighted by Gasteiger charge is -2.08. The Kier molecular flexibility index (Phi) is 3.79. The zero-order valence-electron chi connectivity index (χ0n) is 10.7. The minimum atomic E-state index is -3.33. The summed E-state index contributed by atoms with van der Waals surface area (Å²) in [6.07, 6.45) is 1.10. The van der Waals surface area contributed by atoms with Gasteiger partial charge in [0.25, 0.3) is 0 Å². The highest BCUT2D eigenvalue weighted by molar-refractivity contribution is 7.92. The molecule has 1 aliphatic heterocycles. The Balaban J connectivity index is 2.32. The Morgan fingerprint density at radius 2 is 1.95 bits per heavy atom. The van der Waals surface area contributed by atoms with Crippen molar-refractivity contribution in [2.24, 2.45) is 4.99 Å². The maximum Gasteiger partial charge on any atom is 0.229 e. The van der Waals surface area contributed by atoms with Crippen molar-refractivity contribution in [2.75, 3.05) is 31.2 Å². The van der Waals surface area contributed by atoms with Crippen molar-refractivity contribution in [2.45, 2.75) is 0 Å². The van der Waals surface area contributed by atoms with E-state index in [0.29, 0.717) is 23.1 Å². The average Bonchev–Trinajstić information content (AvgIpc) is 2.79. The van der Waals surface area contributed by atoms with E-state index in [4.69, 9.17) is 4.74 Å². The van der Waals surface area contributed by atoms with Gasteiger partial charge in [0.1, 0.15) is 5.75 Å². The van der Waals surface area contributed by atoms with Gasteiger partial charge >= 0.3 is 0 Å². The van der Waals surface area contributed by atoms with E-state index < -0.39 is 10.0 Å². The zero-order valence-corrected chi connectivity index (χ0v) is 11.5. The normalized spacial score (nSPS) is 14.5. The summed E-state index contributed by atoms with van der Waals surface area (Å²) < 4.78 is 30.0. The molecule has 104 valence electrons. The molecule has 0 bridgehead atoms. The second kappa shape index (κ2) is 5.35. The first-order chi connectivity index (χ1) is 8.96. The predicted molar refractivity (Wildman–Crippen MR) is 74.6 cm³/mol. The molecule has 0 radical (unpaired) electrons. The topological polar surface area (TPSA) is 91.8 Å². The molecule has 19 heavy (non-hydrogen) atoms. The molecule has 3 N–H and O–H groups in total. The first-order valence-electron chi connectivity index (χ1n) is 5.69. The Morgan fingerprint density at radius 1 is 1.26 bits per heavy atom. The van der Waals surface area contributed by atoms with Gasteiger partial charge in [-0.05, 0) is 6.07 Å². The van der Waals surface area contributed by atoms with Gasteiger partial charge in [-0.15, -0.1) is 0 Å². The average molecular weight is 284 g/mol. The van der Waals surface area contributed by atoms with Crippen LogP contribution in [-0.4, -0.2) is 40.8 Å². The maximum absolute atomic E-state index is 11.2. The summed E-state index contributed by atoms with van der Waals surface area (Å²) in [5.74, 6) is 1.20. The first kappa shape index (κ1) is 13.5. The van der Waals surface area contributed by atoms with Crippen LogP contribution in [0, 0.1) is 0 Å². The van der Waals surface area contributed by atoms with Crippen molar-refractivity contribution in [3.05, 3.63) is 18.2 Å². The molecule has 1 aliphatic rings. The Morgan fingerprint density at radius 3 is 2.53 bits per heavy atom. The second-order valence-corrected chi connectivity index (χ2v) is 5.86. The van der Waals surface area contributed by atoms with Crippen LogP contribution in [0.1, 0.15) is 0 Å². The number of methoxy groups -OCH3 is 1. The fourth-order valence-electron chi connectivity index (χ4n) is 1.67. The van der Waals surface area contributed by atoms with Crippen LogP contribution in [-0.2, 0) is 10.0 Å². The molecular weight excluding hydrogens is 268 g/mol. The summed E-state index contributed by atoms with van der Waals surface area (Å²) in [4.78, 5) is 4.34. The monoisotopic (exact) mass is 284 g/mol. The highest BCUT2D eigenvalue weighted by Gasteiger charge is 2.08. The standard InChI is InChI=1S/C11H16N4O3S/c1-18-10-6-8(14-11-12-3-4-13-11)5-9(7-10)15-19(2,16)17/h5-7,15H,3-4H2,1-2H3,(H2,12,13,14). The number of sulfonamides is 1. The fourth-order valence-corrected chi connectivity index (χ4v) is 2.22. The Bertz CT molecular complexity index is 590. The van der Waals surface area contributed by atoms with Gasteiger partial charge in [-0.2, -0.15) is 0 Å². The molecule has 1 aromatic carbocycles. The van der Waals surface area contributed by atoms with Gasteiger partial charge in [-0.1, -0.05) is 0 Å². The lowest BCUT2D eigenvalue weighted by molar-refractivity contribution is 0.415. The lowest BCUT2D eigenvalue weighted by atomic mass is 10.2. The smallest absolute Gasteiger partial charge is 0.229 e. The van der Waals surface area contributed by atoms with Crippen LogP contribution in [0.2, 0.25) is 0 Å². The predicted octanol–water partition coefficient (Wildman–Crippen LogP) is 0.247. The number of rotatable bonds is 4. The van der Waals surface area contributed by atoms with Crippen LogP contribution in [0.4, 0.5) is 11.4 Å². The molecule has 0 atom stereocenters. The zero-order chi connectivity index (χ0) is 13.9. The summed E-state index contributed by atoms with van der Waals surface area (Å²) in [6, 6.07) is 4.96. The Hall–Kier alpha value is -1.96. The number of ether oxygens (including phenoxy) is 1. The van der Waals surface area contributed by atoms with E-state index in [9.17, 15) is 8.42 Å². The summed E-state index contributed by atoms with van der Waals surface area (Å²) >= 11 is 0. The number of hydrogen-bond donors (Lipinski definition) is 3. The van der Waals surface area contributed by atoms with Crippen LogP contribution in [0.15, 0.2) is 23.2 Å². The molecule has 0 aromatic heterocycles. The number of aliphatic imine (C=N–C) groups is 1. The fraction of sp³-hybridized carbons (Fsp3) is 0.364. The van der Waals surface area contributed by atoms with Crippen molar-refractivity contribution < 1.29 is 13.2 Å². The molecule has 0 unspecified atom stereocenters. The van der Waals surface area contributed by atoms with Gasteiger partial charge in [0, 0.05) is 25.2 Å². The minimum Gasteiger partial charge on any atom is -0.497 e. The van der Waals surface area contributed by atoms with E-state index in [-0.39, 0.29) is 0 Å². The third-order valence-electron chi connectivity index (χ3n) is 2.38. The van der Waals surface area contributed by atoms with E-state index in [1.807, 2.05) is 0 Å². The molecular formula is C11H16N4O3S. The van der Waals surface area contributed by atoms with Crippen LogP contribution in [0.5, 0.6) is 5.75 Å². The molecule has 8 heteroatoms. The van der Waals surface area contributed by atoms with Crippen LogP contribution in [0.25, 0.3) is 0 Å². The van der Waals surface area contributed by atoms with Gasteiger partial charge in [0.2, 0.25) is 10.0 Å². The van der Waals surface area contributed by atoms with Gasteiger partial charge in [-0.3, -0.25) is 4.72 Å². The number of hydrogen-bond acceptors (Lipinski definition) is 4. The minimum absolute atomic E-state index is 0.416. The van der Waals surface area contributed by atoms with Crippen LogP contribution >= 0.6 is 0 Å². The number of anilines is 1. The van der Waals surface area contributed by atoms with Gasteiger partial charge in [0.05, 0.1) is 24.7 Å². The number of guanidine groups is 1. The molecule has 0 amide bonds. The SMILES string of the molecule is COc1cc(N=C2NCCN2)cc(NS(C)(=O)=O)c1. The van der Waals surface area contributed by atoms with Gasteiger partial charge in [0.15, 0.2) is 5.96 Å². The molecule has 0 spiro atoms. The highest BCUT2D eigenvalue weighted by Crippen LogP contribution is 2.26. The summed E-state index contributed by atoms with van der Waals surface area (Å²) in [6.45, 7) is 1.63. The maximum atomic E-state index is 11.2. The molecule has 2 rings (SSSR count). The van der Waals surface area contributed by atoms with E-state index in [0.717, 1.165) is 19.3 Å². The second-order valence-electron chi connectivity index (χ2n) is 4.11.